The number of ether oxygens (including phenoxy) is 1. The maximum absolute atomic E-state index is 12.1. The summed E-state index contributed by atoms with van der Waals surface area (Å²) < 4.78 is 6.33. The van der Waals surface area contributed by atoms with Crippen LogP contribution in [-0.2, 0) is 11.4 Å². The zero-order valence-corrected chi connectivity index (χ0v) is 13.1. The number of aliphatic hydroxyl groups is 1. The van der Waals surface area contributed by atoms with Crippen LogP contribution in [0.2, 0.25) is 0 Å². The fourth-order valence-electron chi connectivity index (χ4n) is 2.12. The van der Waals surface area contributed by atoms with E-state index in [1.165, 1.54) is 0 Å². The summed E-state index contributed by atoms with van der Waals surface area (Å²) in [5.74, 6) is 0.523. The summed E-state index contributed by atoms with van der Waals surface area (Å²) >= 11 is 3.37. The summed E-state index contributed by atoms with van der Waals surface area (Å²) in [5.41, 5.74) is 0.672. The molecule has 1 N–H and O–H groups in total. The van der Waals surface area contributed by atoms with Crippen LogP contribution in [0.5, 0.6) is 5.75 Å². The van der Waals surface area contributed by atoms with Crippen molar-refractivity contribution in [3.8, 4) is 5.75 Å². The molecule has 110 valence electrons. The van der Waals surface area contributed by atoms with Crippen molar-refractivity contribution in [2.45, 2.75) is 6.61 Å². The highest BCUT2D eigenvalue weighted by molar-refractivity contribution is 9.10. The van der Waals surface area contributed by atoms with Crippen LogP contribution >= 0.6 is 15.9 Å². The minimum absolute atomic E-state index is 0.000667. The molecule has 0 aromatic heterocycles. The van der Waals surface area contributed by atoms with Crippen molar-refractivity contribution in [1.82, 2.24) is 9.80 Å². The van der Waals surface area contributed by atoms with Gasteiger partial charge in [-0.25, -0.2) is 0 Å². The molecule has 2 rings (SSSR count). The normalized spacial score (nSPS) is 16.2. The van der Waals surface area contributed by atoms with Crippen molar-refractivity contribution in [2.75, 3.05) is 39.8 Å². The molecule has 5 nitrogen and oxygen atoms in total. The van der Waals surface area contributed by atoms with E-state index in [0.717, 1.165) is 30.7 Å². The third-order valence-corrected chi connectivity index (χ3v) is 4.04. The van der Waals surface area contributed by atoms with E-state index in [-0.39, 0.29) is 19.1 Å². The lowest BCUT2D eigenvalue weighted by atomic mass is 10.2. The highest BCUT2D eigenvalue weighted by Gasteiger charge is 2.20. The van der Waals surface area contributed by atoms with Gasteiger partial charge in [0.2, 0.25) is 0 Å². The summed E-state index contributed by atoms with van der Waals surface area (Å²) in [6, 6.07) is 5.43. The minimum Gasteiger partial charge on any atom is -0.482 e. The number of piperazine rings is 1. The SMILES string of the molecule is CN1CCN(C(=O)COc2c(Br)cccc2CO)CC1. The number of likely N-dealkylation sites (N-methyl/N-ethyl adjacent to an activating group) is 1. The number of halogens is 1. The van der Waals surface area contributed by atoms with E-state index < -0.39 is 0 Å². The number of nitrogens with zero attached hydrogens (tertiary/aromatic N) is 2. The van der Waals surface area contributed by atoms with Crippen molar-refractivity contribution in [3.05, 3.63) is 28.2 Å². The van der Waals surface area contributed by atoms with Crippen molar-refractivity contribution >= 4 is 21.8 Å². The minimum atomic E-state index is -0.114. The number of carbonyl (C=O) groups excluding carboxylic acids is 1. The van der Waals surface area contributed by atoms with Crippen molar-refractivity contribution < 1.29 is 14.6 Å². The Morgan fingerprint density at radius 2 is 2.05 bits per heavy atom. The number of hydrogen-bond donors (Lipinski definition) is 1. The zero-order valence-electron chi connectivity index (χ0n) is 11.5. The van der Waals surface area contributed by atoms with Crippen molar-refractivity contribution in [3.63, 3.8) is 0 Å². The van der Waals surface area contributed by atoms with E-state index in [0.29, 0.717) is 11.3 Å². The monoisotopic (exact) mass is 342 g/mol. The molecule has 1 fully saturated rings. The summed E-state index contributed by atoms with van der Waals surface area (Å²) in [5, 5.41) is 9.28. The standard InChI is InChI=1S/C14H19BrN2O3/c1-16-5-7-17(8-6-16)13(19)10-20-14-11(9-18)3-2-4-12(14)15/h2-4,18H,5-10H2,1H3. The van der Waals surface area contributed by atoms with Crippen LogP contribution in [0.1, 0.15) is 5.56 Å². The second kappa shape index (κ2) is 7.06. The lowest BCUT2D eigenvalue weighted by Crippen LogP contribution is -2.48. The number of carbonyl (C=O) groups is 1. The molecule has 0 saturated carbocycles. The first kappa shape index (κ1) is 15.3. The predicted octanol–water partition coefficient (Wildman–Crippen LogP) is 1.09. The van der Waals surface area contributed by atoms with Crippen LogP contribution in [0.15, 0.2) is 22.7 Å². The van der Waals surface area contributed by atoms with Gasteiger partial charge in [-0.05, 0) is 29.0 Å². The fraction of sp³-hybridized carbons (Fsp3) is 0.500. The number of hydrogen-bond acceptors (Lipinski definition) is 4. The third kappa shape index (κ3) is 3.71. The predicted molar refractivity (Wildman–Crippen MR) is 79.6 cm³/mol. The highest BCUT2D eigenvalue weighted by Crippen LogP contribution is 2.29. The first-order valence-electron chi connectivity index (χ1n) is 6.59. The number of benzene rings is 1. The first-order chi connectivity index (χ1) is 9.61. The van der Waals surface area contributed by atoms with Crippen molar-refractivity contribution in [2.24, 2.45) is 0 Å². The van der Waals surface area contributed by atoms with Gasteiger partial charge in [0, 0.05) is 31.7 Å². The van der Waals surface area contributed by atoms with E-state index in [2.05, 4.69) is 20.8 Å². The van der Waals surface area contributed by atoms with Crippen LogP contribution < -0.4 is 4.74 Å². The molecule has 0 unspecified atom stereocenters. The molecular weight excluding hydrogens is 324 g/mol. The number of amides is 1. The zero-order chi connectivity index (χ0) is 14.5. The molecule has 0 atom stereocenters. The van der Waals surface area contributed by atoms with Gasteiger partial charge in [-0.15, -0.1) is 0 Å². The van der Waals surface area contributed by atoms with Gasteiger partial charge in [0.1, 0.15) is 5.75 Å². The van der Waals surface area contributed by atoms with E-state index >= 15 is 0 Å². The number of rotatable bonds is 4. The molecule has 1 aliphatic rings. The quantitative estimate of drug-likeness (QED) is 0.890. The van der Waals surface area contributed by atoms with Gasteiger partial charge in [-0.1, -0.05) is 12.1 Å². The number of aliphatic hydroxyl groups excluding tert-OH is 1. The second-order valence-corrected chi connectivity index (χ2v) is 5.71. The summed E-state index contributed by atoms with van der Waals surface area (Å²) in [6.07, 6.45) is 0. The van der Waals surface area contributed by atoms with Gasteiger partial charge < -0.3 is 19.6 Å². The average Bonchev–Trinajstić information content (AvgIpc) is 2.46. The van der Waals surface area contributed by atoms with Crippen LogP contribution in [0.3, 0.4) is 0 Å². The maximum Gasteiger partial charge on any atom is 0.260 e. The fourth-order valence-corrected chi connectivity index (χ4v) is 2.64. The summed E-state index contributed by atoms with van der Waals surface area (Å²) in [4.78, 5) is 16.1. The molecule has 1 heterocycles. The Hall–Kier alpha value is -1.11. The smallest absolute Gasteiger partial charge is 0.260 e. The lowest BCUT2D eigenvalue weighted by Gasteiger charge is -2.32. The maximum atomic E-state index is 12.1. The van der Waals surface area contributed by atoms with Gasteiger partial charge in [-0.3, -0.25) is 4.79 Å². The molecule has 0 aliphatic carbocycles. The van der Waals surface area contributed by atoms with E-state index in [4.69, 9.17) is 4.74 Å². The van der Waals surface area contributed by atoms with Gasteiger partial charge in [-0.2, -0.15) is 0 Å². The Labute approximate surface area is 127 Å². The Morgan fingerprint density at radius 1 is 1.35 bits per heavy atom. The summed E-state index contributed by atoms with van der Waals surface area (Å²) in [6.45, 7) is 3.14. The molecule has 0 spiro atoms. The molecule has 1 aliphatic heterocycles. The third-order valence-electron chi connectivity index (χ3n) is 3.41. The lowest BCUT2D eigenvalue weighted by molar-refractivity contribution is -0.134. The molecule has 1 aromatic rings. The van der Waals surface area contributed by atoms with Crippen LogP contribution in [0.4, 0.5) is 0 Å². The van der Waals surface area contributed by atoms with E-state index in [1.54, 1.807) is 6.07 Å². The molecule has 1 saturated heterocycles. The molecular formula is C14H19BrN2O3. The largest absolute Gasteiger partial charge is 0.482 e. The molecule has 1 amide bonds. The molecule has 0 bridgehead atoms. The van der Waals surface area contributed by atoms with Crippen LogP contribution in [0, 0.1) is 0 Å². The number of para-hydroxylation sites is 1. The average molecular weight is 343 g/mol. The Morgan fingerprint density at radius 3 is 2.70 bits per heavy atom. The Balaban J connectivity index is 1.93. The van der Waals surface area contributed by atoms with E-state index in [1.807, 2.05) is 24.1 Å². The van der Waals surface area contributed by atoms with Crippen LogP contribution in [-0.4, -0.2) is 60.6 Å². The molecule has 20 heavy (non-hydrogen) atoms. The highest BCUT2D eigenvalue weighted by atomic mass is 79.9. The van der Waals surface area contributed by atoms with E-state index in [9.17, 15) is 9.90 Å². The van der Waals surface area contributed by atoms with Gasteiger partial charge in [0.25, 0.3) is 5.91 Å². The van der Waals surface area contributed by atoms with Gasteiger partial charge in [0.05, 0.1) is 11.1 Å². The first-order valence-corrected chi connectivity index (χ1v) is 7.38. The molecule has 6 heteroatoms. The molecule has 0 radical (unpaired) electrons. The Kier molecular flexibility index (Phi) is 5.39. The topological polar surface area (TPSA) is 53.0 Å². The Bertz CT molecular complexity index is 473. The second-order valence-electron chi connectivity index (χ2n) is 4.86. The summed E-state index contributed by atoms with van der Waals surface area (Å²) in [7, 11) is 2.05. The van der Waals surface area contributed by atoms with Gasteiger partial charge in [0.15, 0.2) is 6.61 Å². The van der Waals surface area contributed by atoms with Crippen molar-refractivity contribution in [1.29, 1.82) is 0 Å². The molecule has 1 aromatic carbocycles. The van der Waals surface area contributed by atoms with Crippen LogP contribution in [0.25, 0.3) is 0 Å². The van der Waals surface area contributed by atoms with Gasteiger partial charge >= 0.3 is 0 Å².